The fraction of sp³-hybridized carbons (Fsp3) is 0. The lowest BCUT2D eigenvalue weighted by molar-refractivity contribution is -0.255. The van der Waals surface area contributed by atoms with Crippen molar-refractivity contribution in [2.24, 2.45) is 0 Å². The monoisotopic (exact) mass is 374 g/mol. The highest BCUT2D eigenvalue weighted by Gasteiger charge is 2.17. The summed E-state index contributed by atoms with van der Waals surface area (Å²) in [7, 11) is 0. The Labute approximate surface area is 147 Å². The molecule has 6 nitrogen and oxygen atoms in total. The van der Waals surface area contributed by atoms with Crippen molar-refractivity contribution in [1.82, 2.24) is 14.5 Å². The normalized spacial score (nSPS) is 11.3. The summed E-state index contributed by atoms with van der Waals surface area (Å²) in [4.78, 5) is 31.9. The molecule has 3 aromatic heterocycles. The second-order valence-electron chi connectivity index (χ2n) is 5.13. The van der Waals surface area contributed by atoms with Gasteiger partial charge in [-0.05, 0) is 18.2 Å². The summed E-state index contributed by atoms with van der Waals surface area (Å²) < 4.78 is 15.9. The van der Waals surface area contributed by atoms with E-state index in [0.717, 1.165) is 17.0 Å². The average Bonchev–Trinajstić information content (AvgIpc) is 3.00. The van der Waals surface area contributed by atoms with Crippen molar-refractivity contribution in [1.29, 1.82) is 0 Å². The largest absolute Gasteiger partial charge is 0.545 e. The molecular formula is C16H6ClFN3O3S-. The van der Waals surface area contributed by atoms with E-state index in [4.69, 9.17) is 11.6 Å². The number of aromatic carboxylic acids is 1. The minimum absolute atomic E-state index is 0.0143. The number of carboxylic acids is 1. The van der Waals surface area contributed by atoms with Gasteiger partial charge in [0.05, 0.1) is 27.1 Å². The predicted molar refractivity (Wildman–Crippen MR) is 89.8 cm³/mol. The zero-order valence-electron chi connectivity index (χ0n) is 12.2. The number of fused-ring (bicyclic) bond motifs is 2. The van der Waals surface area contributed by atoms with Crippen LogP contribution in [-0.4, -0.2) is 20.5 Å². The first-order valence-corrected chi connectivity index (χ1v) is 8.14. The van der Waals surface area contributed by atoms with Crippen molar-refractivity contribution in [2.75, 3.05) is 0 Å². The molecule has 0 fully saturated rings. The van der Waals surface area contributed by atoms with Gasteiger partial charge in [0.15, 0.2) is 27.2 Å². The van der Waals surface area contributed by atoms with Crippen molar-refractivity contribution in [3.05, 3.63) is 63.3 Å². The lowest BCUT2D eigenvalue weighted by atomic mass is 10.2. The first-order valence-electron chi connectivity index (χ1n) is 6.94. The van der Waals surface area contributed by atoms with Gasteiger partial charge in [0, 0.05) is 6.20 Å². The number of carbonyl (C=O) groups is 1. The number of benzene rings is 1. The van der Waals surface area contributed by atoms with Gasteiger partial charge in [-0.15, -0.1) is 0 Å². The molecule has 0 unspecified atom stereocenters. The number of carboxylic acid groups (broad SMARTS) is 1. The highest BCUT2D eigenvalue weighted by Crippen LogP contribution is 2.27. The second kappa shape index (κ2) is 5.61. The Morgan fingerprint density at radius 2 is 2.04 bits per heavy atom. The zero-order valence-corrected chi connectivity index (χ0v) is 13.8. The lowest BCUT2D eigenvalue weighted by Gasteiger charge is -2.11. The molecule has 4 rings (SSSR count). The first kappa shape index (κ1) is 15.7. The topological polar surface area (TPSA) is 87.9 Å². The molecule has 0 saturated heterocycles. The van der Waals surface area contributed by atoms with Crippen LogP contribution in [-0.2, 0) is 0 Å². The minimum atomic E-state index is -1.67. The van der Waals surface area contributed by atoms with Gasteiger partial charge in [-0.3, -0.25) is 9.36 Å². The number of thiazole rings is 1. The molecule has 25 heavy (non-hydrogen) atoms. The molecule has 0 aliphatic carbocycles. The Balaban J connectivity index is 2.14. The summed E-state index contributed by atoms with van der Waals surface area (Å²) in [5.74, 6) is -2.59. The summed E-state index contributed by atoms with van der Waals surface area (Å²) in [5.41, 5.74) is -0.802. The fourth-order valence-electron chi connectivity index (χ4n) is 2.46. The van der Waals surface area contributed by atoms with E-state index in [0.29, 0.717) is 10.6 Å². The molecule has 0 aliphatic rings. The Morgan fingerprint density at radius 3 is 2.76 bits per heavy atom. The Morgan fingerprint density at radius 1 is 1.28 bits per heavy atom. The maximum Gasteiger partial charge on any atom is 0.200 e. The molecule has 0 atom stereocenters. The third-order valence-electron chi connectivity index (χ3n) is 3.60. The van der Waals surface area contributed by atoms with E-state index in [1.54, 1.807) is 6.07 Å². The second-order valence-corrected chi connectivity index (χ2v) is 6.49. The van der Waals surface area contributed by atoms with Crippen LogP contribution in [0.3, 0.4) is 0 Å². The van der Waals surface area contributed by atoms with Gasteiger partial charge < -0.3 is 9.90 Å². The van der Waals surface area contributed by atoms with Gasteiger partial charge in [0.25, 0.3) is 0 Å². The van der Waals surface area contributed by atoms with Gasteiger partial charge in [-0.2, -0.15) is 0 Å². The molecule has 0 saturated carbocycles. The summed E-state index contributed by atoms with van der Waals surface area (Å²) >= 11 is 6.99. The van der Waals surface area contributed by atoms with Gasteiger partial charge in [-0.1, -0.05) is 35.1 Å². The molecular weight excluding hydrogens is 369 g/mol. The summed E-state index contributed by atoms with van der Waals surface area (Å²) in [6.07, 6.45) is 1.07. The number of aromatic nitrogens is 3. The SMILES string of the molecule is O=C([O-])c1cn(-c2nc3ccccc3s2)c2nc(Cl)c(F)cc2c1=O. The molecule has 1 aromatic carbocycles. The molecule has 0 N–H and O–H groups in total. The summed E-state index contributed by atoms with van der Waals surface area (Å²) in [6.45, 7) is 0. The predicted octanol–water partition coefficient (Wildman–Crippen LogP) is 2.15. The maximum atomic E-state index is 13.7. The summed E-state index contributed by atoms with van der Waals surface area (Å²) in [6, 6.07) is 8.15. The van der Waals surface area contributed by atoms with Crippen LogP contribution >= 0.6 is 22.9 Å². The number of carbonyl (C=O) groups excluding carboxylic acids is 1. The molecule has 0 radical (unpaired) electrons. The molecule has 9 heteroatoms. The van der Waals surface area contributed by atoms with E-state index in [-0.39, 0.29) is 11.0 Å². The molecule has 0 aliphatic heterocycles. The van der Waals surface area contributed by atoms with E-state index in [1.807, 2.05) is 18.2 Å². The van der Waals surface area contributed by atoms with Crippen LogP contribution in [0.15, 0.2) is 41.3 Å². The highest BCUT2D eigenvalue weighted by atomic mass is 35.5. The molecule has 0 amide bonds. The van der Waals surface area contributed by atoms with Crippen LogP contribution in [0.25, 0.3) is 26.4 Å². The van der Waals surface area contributed by atoms with Crippen LogP contribution in [0.4, 0.5) is 4.39 Å². The smallest absolute Gasteiger partial charge is 0.200 e. The number of nitrogens with zero attached hydrogens (tertiary/aromatic N) is 3. The first-order chi connectivity index (χ1) is 12.0. The number of hydrogen-bond donors (Lipinski definition) is 0. The van der Waals surface area contributed by atoms with Crippen LogP contribution in [0.5, 0.6) is 0 Å². The van der Waals surface area contributed by atoms with Crippen LogP contribution in [0, 0.1) is 5.82 Å². The Kier molecular flexibility index (Phi) is 3.52. The van der Waals surface area contributed by atoms with E-state index < -0.39 is 27.9 Å². The molecule has 124 valence electrons. The number of pyridine rings is 2. The Hall–Kier alpha value is -2.84. The number of para-hydroxylation sites is 1. The van der Waals surface area contributed by atoms with Crippen LogP contribution in [0.2, 0.25) is 5.15 Å². The molecule has 3 heterocycles. The molecule has 0 spiro atoms. The number of hydrogen-bond acceptors (Lipinski definition) is 6. The number of halogens is 2. The minimum Gasteiger partial charge on any atom is -0.545 e. The van der Waals surface area contributed by atoms with Gasteiger partial charge in [0.2, 0.25) is 0 Å². The standard InChI is InChI=1S/C16H7ClFN3O3S/c17-13-9(18)5-7-12(22)8(15(23)24)6-21(14(7)20-13)16-19-10-3-1-2-4-11(10)25-16/h1-6H,(H,23,24)/p-1. The zero-order chi connectivity index (χ0) is 17.7. The van der Waals surface area contributed by atoms with Crippen molar-refractivity contribution < 1.29 is 14.3 Å². The van der Waals surface area contributed by atoms with Gasteiger partial charge >= 0.3 is 0 Å². The van der Waals surface area contributed by atoms with Gasteiger partial charge in [0.1, 0.15) is 0 Å². The highest BCUT2D eigenvalue weighted by molar-refractivity contribution is 7.20. The maximum absolute atomic E-state index is 13.7. The lowest BCUT2D eigenvalue weighted by Crippen LogP contribution is -2.30. The average molecular weight is 375 g/mol. The Bertz CT molecular complexity index is 1200. The third-order valence-corrected chi connectivity index (χ3v) is 4.90. The van der Waals surface area contributed by atoms with Crippen molar-refractivity contribution in [3.63, 3.8) is 0 Å². The van der Waals surface area contributed by atoms with Crippen molar-refractivity contribution >= 4 is 50.2 Å². The van der Waals surface area contributed by atoms with Crippen molar-refractivity contribution in [2.45, 2.75) is 0 Å². The third kappa shape index (κ3) is 2.46. The number of rotatable bonds is 2. The van der Waals surface area contributed by atoms with E-state index in [2.05, 4.69) is 9.97 Å². The van der Waals surface area contributed by atoms with E-state index in [1.165, 1.54) is 15.9 Å². The summed E-state index contributed by atoms with van der Waals surface area (Å²) in [5, 5.41) is 11.0. The van der Waals surface area contributed by atoms with Crippen LogP contribution < -0.4 is 10.5 Å². The molecule has 4 aromatic rings. The van der Waals surface area contributed by atoms with E-state index in [9.17, 15) is 19.1 Å². The molecule has 0 bridgehead atoms. The fourth-order valence-corrected chi connectivity index (χ4v) is 3.53. The van der Waals surface area contributed by atoms with Crippen LogP contribution in [0.1, 0.15) is 10.4 Å². The quantitative estimate of drug-likeness (QED) is 0.502. The van der Waals surface area contributed by atoms with Gasteiger partial charge in [-0.25, -0.2) is 14.4 Å². The van der Waals surface area contributed by atoms with Crippen molar-refractivity contribution in [3.8, 4) is 5.13 Å². The van der Waals surface area contributed by atoms with E-state index >= 15 is 0 Å².